The number of imidazole rings is 1. The van der Waals surface area contributed by atoms with E-state index < -0.39 is 0 Å². The average Bonchev–Trinajstić information content (AvgIpc) is 3.11. The van der Waals surface area contributed by atoms with Crippen LogP contribution in [0.15, 0.2) is 30.7 Å². The molecule has 1 aliphatic heterocycles. The number of aryl methyl sites for hydroxylation is 1. The lowest BCUT2D eigenvalue weighted by molar-refractivity contribution is 0.0705. The molecule has 0 fully saturated rings. The quantitative estimate of drug-likeness (QED) is 0.750. The lowest BCUT2D eigenvalue weighted by atomic mass is 10.1. The van der Waals surface area contributed by atoms with E-state index in [0.29, 0.717) is 18.8 Å². The zero-order chi connectivity index (χ0) is 15.3. The van der Waals surface area contributed by atoms with Crippen LogP contribution in [0.3, 0.4) is 0 Å². The van der Waals surface area contributed by atoms with Gasteiger partial charge in [-0.1, -0.05) is 0 Å². The summed E-state index contributed by atoms with van der Waals surface area (Å²) < 4.78 is 15.4. The topological polar surface area (TPSA) is 53.9 Å². The number of nitrogens with one attached hydrogen (secondary N) is 1. The van der Waals surface area contributed by atoms with Crippen LogP contribution in [0.2, 0.25) is 0 Å². The van der Waals surface area contributed by atoms with E-state index in [2.05, 4.69) is 14.5 Å². The SMILES string of the molecule is Cc1c(C(=O)N2CCn3cncc3C2)[nH]c2ccc(F)cc12. The van der Waals surface area contributed by atoms with Gasteiger partial charge in [0.1, 0.15) is 11.5 Å². The summed E-state index contributed by atoms with van der Waals surface area (Å²) in [6.07, 6.45) is 3.57. The summed E-state index contributed by atoms with van der Waals surface area (Å²) in [6.45, 7) is 3.78. The molecule has 1 amide bonds. The van der Waals surface area contributed by atoms with Gasteiger partial charge in [-0.15, -0.1) is 0 Å². The van der Waals surface area contributed by atoms with Crippen molar-refractivity contribution in [2.24, 2.45) is 0 Å². The smallest absolute Gasteiger partial charge is 0.270 e. The lowest BCUT2D eigenvalue weighted by Crippen LogP contribution is -2.38. The van der Waals surface area contributed by atoms with Crippen molar-refractivity contribution in [3.05, 3.63) is 53.5 Å². The zero-order valence-corrected chi connectivity index (χ0v) is 12.1. The number of carbonyl (C=O) groups excluding carboxylic acids is 1. The summed E-state index contributed by atoms with van der Waals surface area (Å²) in [5.41, 5.74) is 3.14. The number of H-pyrrole nitrogens is 1. The Kier molecular flexibility index (Phi) is 2.79. The number of amides is 1. The largest absolute Gasteiger partial charge is 0.350 e. The third-order valence-electron chi connectivity index (χ3n) is 4.28. The average molecular weight is 298 g/mol. The predicted molar refractivity (Wildman–Crippen MR) is 80.0 cm³/mol. The van der Waals surface area contributed by atoms with Gasteiger partial charge in [-0.2, -0.15) is 0 Å². The van der Waals surface area contributed by atoms with E-state index >= 15 is 0 Å². The fourth-order valence-corrected chi connectivity index (χ4v) is 3.03. The van der Waals surface area contributed by atoms with E-state index in [1.165, 1.54) is 12.1 Å². The molecule has 0 saturated heterocycles. The second-order valence-corrected chi connectivity index (χ2v) is 5.62. The standard InChI is InChI=1S/C16H15FN4O/c1-10-13-6-11(17)2-3-14(13)19-15(10)16(22)20-4-5-21-9-18-7-12(21)8-20/h2-3,6-7,9,19H,4-5,8H2,1H3. The number of rotatable bonds is 1. The molecule has 0 aliphatic carbocycles. The molecule has 3 aromatic rings. The van der Waals surface area contributed by atoms with Crippen LogP contribution in [-0.2, 0) is 13.1 Å². The molecule has 0 saturated carbocycles. The molecule has 3 heterocycles. The van der Waals surface area contributed by atoms with E-state index in [1.54, 1.807) is 23.5 Å². The molecule has 22 heavy (non-hydrogen) atoms. The molecule has 112 valence electrons. The second kappa shape index (κ2) is 4.69. The predicted octanol–water partition coefficient (Wildman–Crippen LogP) is 2.47. The number of nitrogens with zero attached hydrogens (tertiary/aromatic N) is 3. The first-order valence-electron chi connectivity index (χ1n) is 7.19. The molecule has 1 N–H and O–H groups in total. The molecule has 0 radical (unpaired) electrons. The number of carbonyl (C=O) groups is 1. The Morgan fingerprint density at radius 1 is 1.36 bits per heavy atom. The maximum Gasteiger partial charge on any atom is 0.270 e. The normalized spacial score (nSPS) is 14.4. The molecule has 1 aliphatic rings. The van der Waals surface area contributed by atoms with Crippen molar-refractivity contribution in [3.63, 3.8) is 0 Å². The summed E-state index contributed by atoms with van der Waals surface area (Å²) in [5.74, 6) is -0.350. The number of hydrogen-bond acceptors (Lipinski definition) is 2. The Hall–Kier alpha value is -2.63. The molecule has 1 aromatic carbocycles. The van der Waals surface area contributed by atoms with Gasteiger partial charge >= 0.3 is 0 Å². The van der Waals surface area contributed by atoms with Gasteiger partial charge in [0.25, 0.3) is 5.91 Å². The van der Waals surface area contributed by atoms with Crippen molar-refractivity contribution in [1.82, 2.24) is 19.4 Å². The number of benzene rings is 1. The van der Waals surface area contributed by atoms with E-state index in [0.717, 1.165) is 28.7 Å². The van der Waals surface area contributed by atoms with Gasteiger partial charge in [0.2, 0.25) is 0 Å². The van der Waals surface area contributed by atoms with Gasteiger partial charge in [0, 0.05) is 30.2 Å². The molecular formula is C16H15FN4O. The fourth-order valence-electron chi connectivity index (χ4n) is 3.03. The first-order chi connectivity index (χ1) is 10.6. The maximum atomic E-state index is 13.4. The van der Waals surface area contributed by atoms with Crippen LogP contribution in [0.1, 0.15) is 21.7 Å². The number of hydrogen-bond donors (Lipinski definition) is 1. The van der Waals surface area contributed by atoms with Crippen molar-refractivity contribution in [1.29, 1.82) is 0 Å². The third-order valence-corrected chi connectivity index (χ3v) is 4.28. The summed E-state index contributed by atoms with van der Waals surface area (Å²) in [6, 6.07) is 4.52. The minimum absolute atomic E-state index is 0.0541. The Morgan fingerprint density at radius 2 is 2.23 bits per heavy atom. The third kappa shape index (κ3) is 1.91. The highest BCUT2D eigenvalue weighted by atomic mass is 19.1. The molecule has 5 nitrogen and oxygen atoms in total. The summed E-state index contributed by atoms with van der Waals surface area (Å²) >= 11 is 0. The molecule has 0 bridgehead atoms. The van der Waals surface area contributed by atoms with E-state index in [4.69, 9.17) is 0 Å². The molecule has 0 atom stereocenters. The van der Waals surface area contributed by atoms with Gasteiger partial charge in [0.05, 0.1) is 18.6 Å². The van der Waals surface area contributed by atoms with Crippen LogP contribution in [0, 0.1) is 12.7 Å². The van der Waals surface area contributed by atoms with Crippen molar-refractivity contribution in [2.45, 2.75) is 20.0 Å². The first kappa shape index (κ1) is 13.1. The van der Waals surface area contributed by atoms with Gasteiger partial charge < -0.3 is 14.5 Å². The Bertz CT molecular complexity index is 880. The van der Waals surface area contributed by atoms with Gasteiger partial charge in [-0.05, 0) is 30.7 Å². The number of aromatic nitrogens is 3. The fraction of sp³-hybridized carbons (Fsp3) is 0.250. The van der Waals surface area contributed by atoms with Gasteiger partial charge in [0.15, 0.2) is 0 Å². The molecular weight excluding hydrogens is 283 g/mol. The molecule has 2 aromatic heterocycles. The van der Waals surface area contributed by atoms with Crippen LogP contribution in [0.5, 0.6) is 0 Å². The van der Waals surface area contributed by atoms with Crippen LogP contribution in [0.4, 0.5) is 4.39 Å². The number of aromatic amines is 1. The number of halogens is 1. The zero-order valence-electron chi connectivity index (χ0n) is 12.1. The molecule has 6 heteroatoms. The first-order valence-corrected chi connectivity index (χ1v) is 7.19. The maximum absolute atomic E-state index is 13.4. The molecule has 0 unspecified atom stereocenters. The minimum atomic E-state index is -0.296. The Labute approximate surface area is 126 Å². The van der Waals surface area contributed by atoms with E-state index in [9.17, 15) is 9.18 Å². The summed E-state index contributed by atoms with van der Waals surface area (Å²) in [5, 5.41) is 0.755. The van der Waals surface area contributed by atoms with Crippen molar-refractivity contribution >= 4 is 16.8 Å². The van der Waals surface area contributed by atoms with Crippen LogP contribution >= 0.6 is 0 Å². The van der Waals surface area contributed by atoms with Crippen LogP contribution in [0.25, 0.3) is 10.9 Å². The van der Waals surface area contributed by atoms with Crippen LogP contribution < -0.4 is 0 Å². The highest BCUT2D eigenvalue weighted by molar-refractivity contribution is 6.00. The van der Waals surface area contributed by atoms with Gasteiger partial charge in [-0.25, -0.2) is 9.37 Å². The van der Waals surface area contributed by atoms with E-state index in [1.807, 2.05) is 6.92 Å². The van der Waals surface area contributed by atoms with Crippen molar-refractivity contribution in [3.8, 4) is 0 Å². The summed E-state index contributed by atoms with van der Waals surface area (Å²) in [7, 11) is 0. The second-order valence-electron chi connectivity index (χ2n) is 5.62. The lowest BCUT2D eigenvalue weighted by Gasteiger charge is -2.28. The Morgan fingerprint density at radius 3 is 3.09 bits per heavy atom. The van der Waals surface area contributed by atoms with Gasteiger partial charge in [-0.3, -0.25) is 4.79 Å². The monoisotopic (exact) mass is 298 g/mol. The minimum Gasteiger partial charge on any atom is -0.350 e. The molecule has 4 rings (SSSR count). The summed E-state index contributed by atoms with van der Waals surface area (Å²) in [4.78, 5) is 21.8. The van der Waals surface area contributed by atoms with E-state index in [-0.39, 0.29) is 11.7 Å². The van der Waals surface area contributed by atoms with Crippen LogP contribution in [-0.4, -0.2) is 31.9 Å². The number of fused-ring (bicyclic) bond motifs is 2. The van der Waals surface area contributed by atoms with Crippen molar-refractivity contribution in [2.75, 3.05) is 6.54 Å². The highest BCUT2D eigenvalue weighted by Gasteiger charge is 2.24. The van der Waals surface area contributed by atoms with Crippen molar-refractivity contribution < 1.29 is 9.18 Å². The highest BCUT2D eigenvalue weighted by Crippen LogP contribution is 2.24. The Balaban J connectivity index is 1.70. The molecule has 0 spiro atoms.